The lowest BCUT2D eigenvalue weighted by molar-refractivity contribution is -0.137. The van der Waals surface area contributed by atoms with Gasteiger partial charge in [0.05, 0.1) is 12.0 Å². The molecular formula is C14H19F3N2O. The van der Waals surface area contributed by atoms with E-state index in [1.54, 1.807) is 0 Å². The Morgan fingerprint density at radius 3 is 2.25 bits per heavy atom. The Labute approximate surface area is 116 Å². The largest absolute Gasteiger partial charge is 0.416 e. The van der Waals surface area contributed by atoms with Crippen molar-refractivity contribution in [3.63, 3.8) is 0 Å². The van der Waals surface area contributed by atoms with Crippen molar-refractivity contribution in [2.45, 2.75) is 32.5 Å². The monoisotopic (exact) mass is 288 g/mol. The van der Waals surface area contributed by atoms with Crippen LogP contribution in [0.1, 0.15) is 25.0 Å². The maximum atomic E-state index is 12.4. The highest BCUT2D eigenvalue weighted by molar-refractivity contribution is 5.78. The van der Waals surface area contributed by atoms with E-state index in [1.807, 2.05) is 13.8 Å². The lowest BCUT2D eigenvalue weighted by atomic mass is 10.1. The van der Waals surface area contributed by atoms with Gasteiger partial charge in [-0.3, -0.25) is 4.79 Å². The van der Waals surface area contributed by atoms with Crippen LogP contribution in [0.25, 0.3) is 0 Å². The molecule has 112 valence electrons. The molecule has 0 saturated carbocycles. The molecule has 0 heterocycles. The summed E-state index contributed by atoms with van der Waals surface area (Å²) < 4.78 is 37.1. The van der Waals surface area contributed by atoms with Crippen LogP contribution in [0, 0.1) is 0 Å². The first-order valence-corrected chi connectivity index (χ1v) is 6.45. The van der Waals surface area contributed by atoms with Gasteiger partial charge in [-0.1, -0.05) is 26.0 Å². The van der Waals surface area contributed by atoms with Crippen LogP contribution in [-0.4, -0.2) is 25.0 Å². The number of carbonyl (C=O) groups excluding carboxylic acids is 1. The van der Waals surface area contributed by atoms with E-state index in [1.165, 1.54) is 12.1 Å². The van der Waals surface area contributed by atoms with E-state index in [0.717, 1.165) is 12.1 Å². The Morgan fingerprint density at radius 2 is 1.75 bits per heavy atom. The van der Waals surface area contributed by atoms with Crippen LogP contribution in [0.5, 0.6) is 0 Å². The first-order valence-electron chi connectivity index (χ1n) is 6.45. The average Bonchev–Trinajstić information content (AvgIpc) is 2.34. The summed E-state index contributed by atoms with van der Waals surface area (Å²) in [6.07, 6.45) is -4.26. The van der Waals surface area contributed by atoms with Crippen molar-refractivity contribution in [3.8, 4) is 0 Å². The van der Waals surface area contributed by atoms with E-state index in [2.05, 4.69) is 10.6 Å². The fourth-order valence-electron chi connectivity index (χ4n) is 1.62. The highest BCUT2D eigenvalue weighted by Gasteiger charge is 2.29. The number of amides is 1. The molecule has 6 heteroatoms. The third kappa shape index (κ3) is 6.06. The van der Waals surface area contributed by atoms with Gasteiger partial charge in [0.15, 0.2) is 0 Å². The second-order valence-corrected chi connectivity index (χ2v) is 4.83. The molecule has 1 rings (SSSR count). The van der Waals surface area contributed by atoms with E-state index in [-0.39, 0.29) is 12.3 Å². The van der Waals surface area contributed by atoms with Crippen LogP contribution in [0.3, 0.4) is 0 Å². The number of nitrogens with one attached hydrogen (secondary N) is 2. The molecular weight excluding hydrogens is 269 g/mol. The van der Waals surface area contributed by atoms with E-state index < -0.39 is 11.7 Å². The minimum Gasteiger partial charge on any atom is -0.355 e. The van der Waals surface area contributed by atoms with Crippen LogP contribution >= 0.6 is 0 Å². The highest BCUT2D eigenvalue weighted by Crippen LogP contribution is 2.29. The second-order valence-electron chi connectivity index (χ2n) is 4.83. The van der Waals surface area contributed by atoms with Gasteiger partial charge in [-0.25, -0.2) is 0 Å². The SMILES string of the molecule is CC(C)NCCNC(=O)Cc1ccc(C(F)(F)F)cc1. The fraction of sp³-hybridized carbons (Fsp3) is 0.500. The molecule has 0 aliphatic heterocycles. The third-order valence-corrected chi connectivity index (χ3v) is 2.65. The van der Waals surface area contributed by atoms with Gasteiger partial charge in [-0.2, -0.15) is 13.2 Å². The Morgan fingerprint density at radius 1 is 1.15 bits per heavy atom. The summed E-state index contributed by atoms with van der Waals surface area (Å²) in [4.78, 5) is 11.6. The lowest BCUT2D eigenvalue weighted by Gasteiger charge is -2.10. The summed E-state index contributed by atoms with van der Waals surface area (Å²) >= 11 is 0. The van der Waals surface area contributed by atoms with Crippen molar-refractivity contribution in [2.75, 3.05) is 13.1 Å². The van der Waals surface area contributed by atoms with Crippen molar-refractivity contribution < 1.29 is 18.0 Å². The Balaban J connectivity index is 2.39. The molecule has 0 aromatic heterocycles. The molecule has 0 radical (unpaired) electrons. The van der Waals surface area contributed by atoms with E-state index >= 15 is 0 Å². The summed E-state index contributed by atoms with van der Waals surface area (Å²) in [7, 11) is 0. The molecule has 0 unspecified atom stereocenters. The number of hydrogen-bond acceptors (Lipinski definition) is 2. The quantitative estimate of drug-likeness (QED) is 0.789. The Kier molecular flexibility index (Phi) is 6.01. The number of alkyl halides is 3. The van der Waals surface area contributed by atoms with Gasteiger partial charge in [0.1, 0.15) is 0 Å². The molecule has 1 amide bonds. The van der Waals surface area contributed by atoms with Crippen molar-refractivity contribution in [3.05, 3.63) is 35.4 Å². The highest BCUT2D eigenvalue weighted by atomic mass is 19.4. The van der Waals surface area contributed by atoms with E-state index in [0.29, 0.717) is 24.7 Å². The molecule has 1 aromatic rings. The summed E-state index contributed by atoms with van der Waals surface area (Å²) in [5, 5.41) is 5.86. The molecule has 0 atom stereocenters. The molecule has 0 saturated heterocycles. The van der Waals surface area contributed by atoms with E-state index in [4.69, 9.17) is 0 Å². The zero-order valence-electron chi connectivity index (χ0n) is 11.6. The van der Waals surface area contributed by atoms with Gasteiger partial charge in [-0.15, -0.1) is 0 Å². The summed E-state index contributed by atoms with van der Waals surface area (Å²) in [6, 6.07) is 4.98. The van der Waals surface area contributed by atoms with Gasteiger partial charge in [0.25, 0.3) is 0 Å². The van der Waals surface area contributed by atoms with Gasteiger partial charge in [0.2, 0.25) is 5.91 Å². The minimum absolute atomic E-state index is 0.0832. The van der Waals surface area contributed by atoms with Gasteiger partial charge < -0.3 is 10.6 Å². The maximum Gasteiger partial charge on any atom is 0.416 e. The number of hydrogen-bond donors (Lipinski definition) is 2. The number of rotatable bonds is 6. The Bertz CT molecular complexity index is 427. The normalized spacial score (nSPS) is 11.7. The topological polar surface area (TPSA) is 41.1 Å². The lowest BCUT2D eigenvalue weighted by Crippen LogP contribution is -2.35. The van der Waals surface area contributed by atoms with Crippen LogP contribution in [-0.2, 0) is 17.4 Å². The molecule has 2 N–H and O–H groups in total. The predicted molar refractivity (Wildman–Crippen MR) is 71.3 cm³/mol. The van der Waals surface area contributed by atoms with Gasteiger partial charge >= 0.3 is 6.18 Å². The Hall–Kier alpha value is -1.56. The summed E-state index contributed by atoms with van der Waals surface area (Å²) in [5.41, 5.74) is -0.143. The predicted octanol–water partition coefficient (Wildman–Crippen LogP) is 2.36. The third-order valence-electron chi connectivity index (χ3n) is 2.65. The number of benzene rings is 1. The van der Waals surface area contributed by atoms with Crippen LogP contribution < -0.4 is 10.6 Å². The first-order chi connectivity index (χ1) is 9.29. The van der Waals surface area contributed by atoms with Crippen molar-refractivity contribution in [2.24, 2.45) is 0 Å². The minimum atomic E-state index is -4.34. The molecule has 0 bridgehead atoms. The summed E-state index contributed by atoms with van der Waals surface area (Å²) in [6.45, 7) is 5.17. The van der Waals surface area contributed by atoms with E-state index in [9.17, 15) is 18.0 Å². The molecule has 0 aliphatic carbocycles. The van der Waals surface area contributed by atoms with Crippen molar-refractivity contribution >= 4 is 5.91 Å². The average molecular weight is 288 g/mol. The molecule has 1 aromatic carbocycles. The number of halogens is 3. The maximum absolute atomic E-state index is 12.4. The summed E-state index contributed by atoms with van der Waals surface area (Å²) in [5.74, 6) is -0.199. The zero-order chi connectivity index (χ0) is 15.2. The fourth-order valence-corrected chi connectivity index (χ4v) is 1.62. The van der Waals surface area contributed by atoms with Crippen LogP contribution in [0.4, 0.5) is 13.2 Å². The van der Waals surface area contributed by atoms with Crippen LogP contribution in [0.15, 0.2) is 24.3 Å². The molecule has 0 spiro atoms. The number of carbonyl (C=O) groups is 1. The van der Waals surface area contributed by atoms with Crippen molar-refractivity contribution in [1.82, 2.24) is 10.6 Å². The van der Waals surface area contributed by atoms with Gasteiger partial charge in [0, 0.05) is 19.1 Å². The standard InChI is InChI=1S/C14H19F3N2O/c1-10(2)18-7-8-19-13(20)9-11-3-5-12(6-4-11)14(15,16)17/h3-6,10,18H,7-9H2,1-2H3,(H,19,20). The molecule has 0 aliphatic rings. The first kappa shape index (κ1) is 16.5. The smallest absolute Gasteiger partial charge is 0.355 e. The van der Waals surface area contributed by atoms with Crippen molar-refractivity contribution in [1.29, 1.82) is 0 Å². The second kappa shape index (κ2) is 7.28. The van der Waals surface area contributed by atoms with Crippen LogP contribution in [0.2, 0.25) is 0 Å². The van der Waals surface area contributed by atoms with Gasteiger partial charge in [-0.05, 0) is 17.7 Å². The molecule has 20 heavy (non-hydrogen) atoms. The molecule has 0 fully saturated rings. The molecule has 3 nitrogen and oxygen atoms in total. The zero-order valence-corrected chi connectivity index (χ0v) is 11.6.